The summed E-state index contributed by atoms with van der Waals surface area (Å²) in [4.78, 5) is 76.3. The van der Waals surface area contributed by atoms with Crippen molar-refractivity contribution >= 4 is 41.2 Å². The summed E-state index contributed by atoms with van der Waals surface area (Å²) in [6.45, 7) is 6.53. The van der Waals surface area contributed by atoms with Gasteiger partial charge in [0.25, 0.3) is 17.7 Å². The Morgan fingerprint density at radius 1 is 0.811 bits per heavy atom. The van der Waals surface area contributed by atoms with Crippen molar-refractivity contribution in [3.8, 4) is 5.75 Å². The van der Waals surface area contributed by atoms with Crippen molar-refractivity contribution in [3.05, 3.63) is 95.1 Å². The molecule has 1 unspecified atom stereocenters. The van der Waals surface area contributed by atoms with Crippen LogP contribution in [0.3, 0.4) is 0 Å². The highest BCUT2D eigenvalue weighted by atomic mass is 16.5. The predicted molar refractivity (Wildman–Crippen MR) is 196 cm³/mol. The Kier molecular flexibility index (Phi) is 14.5. The quantitative estimate of drug-likeness (QED) is 0.233. The van der Waals surface area contributed by atoms with Crippen molar-refractivity contribution in [2.24, 2.45) is 5.41 Å². The first-order chi connectivity index (χ1) is 25.3. The highest BCUT2D eigenvalue weighted by Gasteiger charge is 2.26. The number of nitrogens with one attached hydrogen (secondary N) is 5. The van der Waals surface area contributed by atoms with Gasteiger partial charge in [0.2, 0.25) is 18.0 Å². The third-order valence-electron chi connectivity index (χ3n) is 7.99. The Hall–Kier alpha value is -5.76. The van der Waals surface area contributed by atoms with E-state index in [9.17, 15) is 33.9 Å². The molecule has 3 aromatic carbocycles. The summed E-state index contributed by atoms with van der Waals surface area (Å²) in [6.07, 6.45) is -0.274. The molecule has 0 saturated heterocycles. The fourth-order valence-corrected chi connectivity index (χ4v) is 5.18. The number of ether oxygens (including phenoxy) is 2. The molecule has 0 fully saturated rings. The molecule has 6 N–H and O–H groups in total. The highest BCUT2D eigenvalue weighted by Crippen LogP contribution is 2.17. The van der Waals surface area contributed by atoms with Crippen LogP contribution in [0.4, 0.5) is 5.69 Å². The molecule has 0 aliphatic carbocycles. The Bertz CT molecular complexity index is 1750. The van der Waals surface area contributed by atoms with Crippen molar-refractivity contribution in [3.63, 3.8) is 0 Å². The van der Waals surface area contributed by atoms with Crippen LogP contribution in [0.15, 0.2) is 72.8 Å². The normalized spacial score (nSPS) is 18.9. The van der Waals surface area contributed by atoms with Gasteiger partial charge in [-0.2, -0.15) is 0 Å². The molecule has 4 aliphatic heterocycles. The van der Waals surface area contributed by atoms with Crippen LogP contribution in [0.25, 0.3) is 0 Å². The van der Waals surface area contributed by atoms with Crippen LogP contribution < -0.4 is 31.3 Å². The van der Waals surface area contributed by atoms with Crippen molar-refractivity contribution in [2.75, 3.05) is 25.1 Å². The Balaban J connectivity index is 1.51. The number of rotatable bonds is 3. The molecule has 3 aromatic rings. The van der Waals surface area contributed by atoms with E-state index >= 15 is 0 Å². The number of hydrogen-bond acceptors (Lipinski definition) is 8. The molecule has 4 heterocycles. The Morgan fingerprint density at radius 3 is 2.19 bits per heavy atom. The van der Waals surface area contributed by atoms with Crippen molar-refractivity contribution in [1.82, 2.24) is 21.3 Å². The van der Waals surface area contributed by atoms with E-state index in [0.717, 1.165) is 0 Å². The predicted octanol–water partition coefficient (Wildman–Crippen LogP) is 3.55. The minimum atomic E-state index is -1.35. The number of carbonyl (C=O) groups is 6. The molecule has 0 saturated carbocycles. The van der Waals surface area contributed by atoms with Crippen LogP contribution in [0.5, 0.6) is 5.75 Å². The number of carbonyl (C=O) groups excluding carboxylic acids is 5. The maximum Gasteiger partial charge on any atom is 0.326 e. The number of amides is 5. The smallest absolute Gasteiger partial charge is 0.326 e. The SMILES string of the molecule is CC(C)(C)COC1NC(=O)c2cccc(c2)CNC(=O)c2ccc(cc2)OCCNC(=O)CCCCC(=O)N[C@H](C(=O)O)Cc2ccc(cc2)NC1=O. The zero-order valence-corrected chi connectivity index (χ0v) is 30.2. The number of benzene rings is 3. The zero-order valence-electron chi connectivity index (χ0n) is 30.2. The summed E-state index contributed by atoms with van der Waals surface area (Å²) in [7, 11) is 0. The lowest BCUT2D eigenvalue weighted by Crippen LogP contribution is -2.46. The Labute approximate surface area is 308 Å². The summed E-state index contributed by atoms with van der Waals surface area (Å²) in [5.41, 5.74) is 1.96. The highest BCUT2D eigenvalue weighted by molar-refractivity contribution is 6.00. The van der Waals surface area contributed by atoms with Gasteiger partial charge in [-0.1, -0.05) is 45.0 Å². The summed E-state index contributed by atoms with van der Waals surface area (Å²) in [5, 5.41) is 23.3. The third kappa shape index (κ3) is 13.7. The van der Waals surface area contributed by atoms with Gasteiger partial charge in [0.05, 0.1) is 13.2 Å². The van der Waals surface area contributed by atoms with E-state index in [2.05, 4.69) is 26.6 Å². The molecular formula is C39H47N5O9. The van der Waals surface area contributed by atoms with Gasteiger partial charge in [-0.05, 0) is 77.9 Å². The van der Waals surface area contributed by atoms with Crippen LogP contribution in [-0.2, 0) is 36.9 Å². The Morgan fingerprint density at radius 2 is 1.51 bits per heavy atom. The summed E-state index contributed by atoms with van der Waals surface area (Å²) in [6, 6.07) is 18.4. The van der Waals surface area contributed by atoms with E-state index in [1.807, 2.05) is 20.8 Å². The van der Waals surface area contributed by atoms with Gasteiger partial charge < -0.3 is 41.2 Å². The molecule has 6 bridgehead atoms. The van der Waals surface area contributed by atoms with Gasteiger partial charge >= 0.3 is 5.97 Å². The monoisotopic (exact) mass is 729 g/mol. The molecule has 282 valence electrons. The van der Waals surface area contributed by atoms with Crippen LogP contribution in [0.2, 0.25) is 0 Å². The maximum absolute atomic E-state index is 13.4. The lowest BCUT2D eigenvalue weighted by atomic mass is 9.99. The maximum atomic E-state index is 13.4. The van der Waals surface area contributed by atoms with Gasteiger partial charge in [0, 0.05) is 42.6 Å². The topological polar surface area (TPSA) is 201 Å². The molecule has 14 heteroatoms. The molecule has 4 aliphatic rings. The minimum absolute atomic E-state index is 0.0000407. The zero-order chi connectivity index (χ0) is 38.4. The second kappa shape index (κ2) is 19.2. The lowest BCUT2D eigenvalue weighted by Gasteiger charge is -2.24. The molecule has 5 amide bonds. The fourth-order valence-electron chi connectivity index (χ4n) is 5.18. The van der Waals surface area contributed by atoms with E-state index in [4.69, 9.17) is 9.47 Å². The van der Waals surface area contributed by atoms with E-state index < -0.39 is 36.0 Å². The third-order valence-corrected chi connectivity index (χ3v) is 7.99. The first kappa shape index (κ1) is 40.0. The second-order valence-electron chi connectivity index (χ2n) is 13.9. The van der Waals surface area contributed by atoms with Crippen molar-refractivity contribution < 1.29 is 43.3 Å². The number of anilines is 1. The molecular weight excluding hydrogens is 682 g/mol. The standard InChI is InChI=1S/C39H47N5O9/c1-39(2,3)24-53-37-36(49)42-29-15-11-25(12-16-29)22-31(38(50)51)43-33(46)10-5-4-9-32(45)40-19-20-52-30-17-13-27(14-18-30)34(47)41-23-26-7-6-8-28(21-26)35(48)44-37/h6-8,11-18,21,31,37H,4-5,9-10,19-20,22-24H2,1-3H3,(H,40,45)(H,41,47)(H,42,49)(H,43,46)(H,44,48)(H,50,51)/t31-,37?/m0/s1. The summed E-state index contributed by atoms with van der Waals surface area (Å²) >= 11 is 0. The van der Waals surface area contributed by atoms with Gasteiger partial charge in [-0.25, -0.2) is 4.79 Å². The van der Waals surface area contributed by atoms with Crippen LogP contribution >= 0.6 is 0 Å². The van der Waals surface area contributed by atoms with E-state index in [0.29, 0.717) is 41.0 Å². The first-order valence-electron chi connectivity index (χ1n) is 17.5. The van der Waals surface area contributed by atoms with Crippen LogP contribution in [0, 0.1) is 5.41 Å². The number of carboxylic acid groups (broad SMARTS) is 1. The molecule has 0 radical (unpaired) electrons. The van der Waals surface area contributed by atoms with Crippen LogP contribution in [-0.4, -0.2) is 72.6 Å². The van der Waals surface area contributed by atoms with Gasteiger partial charge in [-0.3, -0.25) is 24.0 Å². The minimum Gasteiger partial charge on any atom is -0.492 e. The molecule has 7 rings (SSSR count). The number of hydrogen-bond donors (Lipinski definition) is 6. The first-order valence-corrected chi connectivity index (χ1v) is 17.5. The largest absolute Gasteiger partial charge is 0.492 e. The number of aliphatic carboxylic acids is 1. The molecule has 14 nitrogen and oxygen atoms in total. The average molecular weight is 730 g/mol. The molecule has 0 spiro atoms. The number of carboxylic acids is 1. The molecule has 53 heavy (non-hydrogen) atoms. The van der Waals surface area contributed by atoms with Gasteiger partial charge in [-0.15, -0.1) is 0 Å². The average Bonchev–Trinajstić information content (AvgIpc) is 3.12. The van der Waals surface area contributed by atoms with E-state index in [1.165, 1.54) is 0 Å². The van der Waals surface area contributed by atoms with Crippen molar-refractivity contribution in [2.45, 2.75) is 71.7 Å². The van der Waals surface area contributed by atoms with E-state index in [1.54, 1.807) is 72.8 Å². The van der Waals surface area contributed by atoms with E-state index in [-0.39, 0.29) is 68.4 Å². The van der Waals surface area contributed by atoms with Gasteiger partial charge in [0.1, 0.15) is 18.4 Å². The van der Waals surface area contributed by atoms with Crippen LogP contribution in [0.1, 0.15) is 78.3 Å². The molecule has 0 aromatic heterocycles. The van der Waals surface area contributed by atoms with Crippen molar-refractivity contribution in [1.29, 1.82) is 0 Å². The summed E-state index contributed by atoms with van der Waals surface area (Å²) < 4.78 is 11.5. The second-order valence-corrected chi connectivity index (χ2v) is 13.9. The fraction of sp³-hybridized carbons (Fsp3) is 0.385. The van der Waals surface area contributed by atoms with Gasteiger partial charge in [0.15, 0.2) is 0 Å². The molecule has 2 atom stereocenters. The lowest BCUT2D eigenvalue weighted by molar-refractivity contribution is -0.141. The summed E-state index contributed by atoms with van der Waals surface area (Å²) in [5.74, 6) is -2.85.